The van der Waals surface area contributed by atoms with Crippen LogP contribution in [-0.2, 0) is 0 Å². The number of fused-ring (bicyclic) bond motifs is 1. The number of aryl methyl sites for hydroxylation is 2. The highest BCUT2D eigenvalue weighted by molar-refractivity contribution is 9.11. The quantitative estimate of drug-likeness (QED) is 0.630. The van der Waals surface area contributed by atoms with Gasteiger partial charge >= 0.3 is 5.69 Å². The molecular weight excluding hydrogens is 388 g/mol. The zero-order valence-electron chi connectivity index (χ0n) is 10.9. The first-order valence-electron chi connectivity index (χ1n) is 6.08. The van der Waals surface area contributed by atoms with Gasteiger partial charge in [0.2, 0.25) is 0 Å². The second-order valence-electron chi connectivity index (χ2n) is 4.73. The first kappa shape index (κ1) is 13.7. The molecule has 2 heterocycles. The van der Waals surface area contributed by atoms with E-state index in [1.807, 2.05) is 32.0 Å². The summed E-state index contributed by atoms with van der Waals surface area (Å²) < 4.78 is 6.51. The average molecular weight is 400 g/mol. The lowest BCUT2D eigenvalue weighted by molar-refractivity contribution is 0.502. The molecule has 1 unspecified atom stereocenters. The maximum absolute atomic E-state index is 11.4. The molecule has 104 valence electrons. The van der Waals surface area contributed by atoms with Crippen LogP contribution in [0, 0.1) is 13.8 Å². The predicted octanol–water partition coefficient (Wildman–Crippen LogP) is 4.31. The Hall–Kier alpha value is -1.27. The molecule has 0 radical (unpaired) electrons. The minimum Gasteiger partial charge on any atom is -0.466 e. The highest BCUT2D eigenvalue weighted by atomic mass is 79.9. The van der Waals surface area contributed by atoms with Gasteiger partial charge in [-0.05, 0) is 37.6 Å². The molecule has 2 aromatic heterocycles. The van der Waals surface area contributed by atoms with Crippen molar-refractivity contribution in [2.24, 2.45) is 0 Å². The Morgan fingerprint density at radius 1 is 1.10 bits per heavy atom. The molecule has 0 spiro atoms. The van der Waals surface area contributed by atoms with Crippen molar-refractivity contribution in [2.75, 3.05) is 0 Å². The van der Waals surface area contributed by atoms with E-state index in [2.05, 4.69) is 41.8 Å². The number of aromatic nitrogens is 2. The predicted molar refractivity (Wildman–Crippen MR) is 85.6 cm³/mol. The topological polar surface area (TPSA) is 61.8 Å². The van der Waals surface area contributed by atoms with Crippen molar-refractivity contribution in [3.63, 3.8) is 0 Å². The van der Waals surface area contributed by atoms with E-state index < -0.39 is 0 Å². The Labute approximate surface area is 131 Å². The lowest BCUT2D eigenvalue weighted by Crippen LogP contribution is -1.99. The number of imidazole rings is 1. The molecule has 3 rings (SSSR count). The summed E-state index contributed by atoms with van der Waals surface area (Å²) in [6.45, 7) is 3.87. The number of nitrogens with one attached hydrogen (secondary N) is 2. The Balaban J connectivity index is 2.15. The van der Waals surface area contributed by atoms with Gasteiger partial charge in [-0.15, -0.1) is 0 Å². The van der Waals surface area contributed by atoms with Crippen LogP contribution in [0.15, 0.2) is 31.9 Å². The van der Waals surface area contributed by atoms with E-state index in [0.29, 0.717) is 0 Å². The molecule has 0 amide bonds. The van der Waals surface area contributed by atoms with Crippen LogP contribution in [0.3, 0.4) is 0 Å². The molecule has 1 aromatic carbocycles. The summed E-state index contributed by atoms with van der Waals surface area (Å²) >= 11 is 7.27. The van der Waals surface area contributed by atoms with Crippen LogP contribution in [0.1, 0.15) is 27.5 Å². The van der Waals surface area contributed by atoms with E-state index >= 15 is 0 Å². The fourth-order valence-electron chi connectivity index (χ4n) is 2.34. The van der Waals surface area contributed by atoms with E-state index in [-0.39, 0.29) is 10.5 Å². The van der Waals surface area contributed by atoms with Gasteiger partial charge in [0.1, 0.15) is 11.5 Å². The van der Waals surface area contributed by atoms with E-state index in [0.717, 1.165) is 38.2 Å². The third-order valence-electron chi connectivity index (χ3n) is 3.26. The summed E-state index contributed by atoms with van der Waals surface area (Å²) in [6.07, 6.45) is 0. The number of furan rings is 1. The second kappa shape index (κ2) is 4.93. The van der Waals surface area contributed by atoms with Gasteiger partial charge in [0, 0.05) is 10.0 Å². The van der Waals surface area contributed by atoms with Crippen molar-refractivity contribution in [1.82, 2.24) is 9.97 Å². The van der Waals surface area contributed by atoms with Crippen molar-refractivity contribution >= 4 is 42.9 Å². The molecule has 4 nitrogen and oxygen atoms in total. The summed E-state index contributed by atoms with van der Waals surface area (Å²) in [7, 11) is 0. The summed E-state index contributed by atoms with van der Waals surface area (Å²) in [6, 6.07) is 5.88. The van der Waals surface area contributed by atoms with Gasteiger partial charge in [-0.2, -0.15) is 0 Å². The third-order valence-corrected chi connectivity index (χ3v) is 4.93. The number of alkyl halides is 1. The van der Waals surface area contributed by atoms with Crippen molar-refractivity contribution in [2.45, 2.75) is 18.7 Å². The van der Waals surface area contributed by atoms with Crippen LogP contribution in [-0.4, -0.2) is 9.97 Å². The largest absolute Gasteiger partial charge is 0.466 e. The maximum Gasteiger partial charge on any atom is 0.323 e. The third kappa shape index (κ3) is 2.27. The molecular formula is C14H12Br2N2O2. The van der Waals surface area contributed by atoms with E-state index in [9.17, 15) is 4.79 Å². The molecule has 3 aromatic rings. The minimum absolute atomic E-state index is 0.00266. The van der Waals surface area contributed by atoms with Gasteiger partial charge in [0.15, 0.2) is 0 Å². The lowest BCUT2D eigenvalue weighted by Gasteiger charge is -2.11. The summed E-state index contributed by atoms with van der Waals surface area (Å²) in [5, 5.41) is 0. The fraction of sp³-hybridized carbons (Fsp3) is 0.214. The molecule has 20 heavy (non-hydrogen) atoms. The van der Waals surface area contributed by atoms with Crippen LogP contribution < -0.4 is 5.69 Å². The number of hydrogen-bond acceptors (Lipinski definition) is 2. The summed E-state index contributed by atoms with van der Waals surface area (Å²) in [5.74, 6) is 1.77. The smallest absolute Gasteiger partial charge is 0.323 e. The summed E-state index contributed by atoms with van der Waals surface area (Å²) in [5.41, 5.74) is 3.49. The van der Waals surface area contributed by atoms with Gasteiger partial charge in [0.25, 0.3) is 0 Å². The molecule has 1 atom stereocenters. The minimum atomic E-state index is -0.203. The van der Waals surface area contributed by atoms with Gasteiger partial charge in [-0.25, -0.2) is 4.79 Å². The highest BCUT2D eigenvalue weighted by Crippen LogP contribution is 2.39. The van der Waals surface area contributed by atoms with Crippen LogP contribution in [0.2, 0.25) is 0 Å². The van der Waals surface area contributed by atoms with Crippen LogP contribution in [0.25, 0.3) is 11.0 Å². The highest BCUT2D eigenvalue weighted by Gasteiger charge is 2.19. The van der Waals surface area contributed by atoms with Crippen LogP contribution in [0.4, 0.5) is 0 Å². The van der Waals surface area contributed by atoms with E-state index in [1.54, 1.807) is 0 Å². The van der Waals surface area contributed by atoms with Crippen molar-refractivity contribution in [3.8, 4) is 0 Å². The van der Waals surface area contributed by atoms with Gasteiger partial charge in [-0.3, -0.25) is 0 Å². The van der Waals surface area contributed by atoms with Crippen molar-refractivity contribution in [3.05, 3.63) is 55.8 Å². The number of hydrogen-bond donors (Lipinski definition) is 2. The van der Waals surface area contributed by atoms with Gasteiger partial charge in [-0.1, -0.05) is 31.9 Å². The molecule has 0 aliphatic rings. The van der Waals surface area contributed by atoms with Crippen molar-refractivity contribution < 1.29 is 4.42 Å². The maximum atomic E-state index is 11.4. The van der Waals surface area contributed by atoms with Crippen LogP contribution >= 0.6 is 31.9 Å². The fourth-order valence-corrected chi connectivity index (χ4v) is 4.05. The molecule has 0 fully saturated rings. The average Bonchev–Trinajstić information content (AvgIpc) is 2.88. The van der Waals surface area contributed by atoms with Gasteiger partial charge < -0.3 is 14.4 Å². The van der Waals surface area contributed by atoms with Gasteiger partial charge in [0.05, 0.1) is 15.9 Å². The van der Waals surface area contributed by atoms with Crippen LogP contribution in [0.5, 0.6) is 0 Å². The standard InChI is InChI=1S/C14H12Br2N2O2/c1-6-3-8(7(2)20-6)13(16)9-4-11-12(5-10(9)15)18-14(19)17-11/h3-5,13H,1-2H3,(H2,17,18,19). The van der Waals surface area contributed by atoms with E-state index in [1.165, 1.54) is 0 Å². The molecule has 6 heteroatoms. The number of aromatic amines is 2. The Morgan fingerprint density at radius 2 is 1.75 bits per heavy atom. The first-order chi connectivity index (χ1) is 9.45. The number of benzene rings is 1. The lowest BCUT2D eigenvalue weighted by atomic mass is 10.0. The first-order valence-corrected chi connectivity index (χ1v) is 7.79. The Kier molecular flexibility index (Phi) is 3.38. The Bertz CT molecular complexity index is 845. The molecule has 0 bridgehead atoms. The zero-order valence-corrected chi connectivity index (χ0v) is 14.1. The van der Waals surface area contributed by atoms with E-state index in [4.69, 9.17) is 4.42 Å². The number of rotatable bonds is 2. The molecule has 2 N–H and O–H groups in total. The zero-order chi connectivity index (χ0) is 14.4. The normalized spacial score (nSPS) is 13.0. The molecule has 0 saturated carbocycles. The molecule has 0 aliphatic carbocycles. The second-order valence-corrected chi connectivity index (χ2v) is 6.50. The van der Waals surface area contributed by atoms with Crippen molar-refractivity contribution in [1.29, 1.82) is 0 Å². The monoisotopic (exact) mass is 398 g/mol. The number of halogens is 2. The Morgan fingerprint density at radius 3 is 2.35 bits per heavy atom. The molecule has 0 aliphatic heterocycles. The SMILES string of the molecule is Cc1cc(C(Br)c2cc3[nH]c(=O)[nH]c3cc2Br)c(C)o1. The molecule has 0 saturated heterocycles. The number of H-pyrrole nitrogens is 2. The summed E-state index contributed by atoms with van der Waals surface area (Å²) in [4.78, 5) is 16.9.